The van der Waals surface area contributed by atoms with E-state index in [4.69, 9.17) is 0 Å². The molecular weight excluding hydrogens is 150 g/mol. The third kappa shape index (κ3) is 7.51. The molecule has 2 heteroatoms. The lowest BCUT2D eigenvalue weighted by molar-refractivity contribution is 0.927. The van der Waals surface area contributed by atoms with Crippen LogP contribution in [0.3, 0.4) is 0 Å². The van der Waals surface area contributed by atoms with Crippen LogP contribution in [0.15, 0.2) is 23.3 Å². The average Bonchev–Trinajstić information content (AvgIpc) is 2.00. The van der Waals surface area contributed by atoms with Crippen LogP contribution < -0.4 is 5.48 Å². The highest BCUT2D eigenvalue weighted by Crippen LogP contribution is 2.05. The summed E-state index contributed by atoms with van der Waals surface area (Å²) in [4.78, 5) is 0. The summed E-state index contributed by atoms with van der Waals surface area (Å²) in [7, 11) is 0. The molecule has 12 heavy (non-hydrogen) atoms. The van der Waals surface area contributed by atoms with E-state index in [0.717, 1.165) is 12.8 Å². The van der Waals surface area contributed by atoms with Gasteiger partial charge in [-0.1, -0.05) is 23.3 Å². The molecule has 2 nitrogen and oxygen atoms in total. The minimum Gasteiger partial charge on any atom is -0.788 e. The molecule has 0 aliphatic carbocycles. The summed E-state index contributed by atoms with van der Waals surface area (Å²) in [5.74, 6) is 0. The number of hydroxylamine groups is 1. The van der Waals surface area contributed by atoms with Crippen LogP contribution in [-0.2, 0) is 0 Å². The van der Waals surface area contributed by atoms with Gasteiger partial charge in [0.1, 0.15) is 0 Å². The summed E-state index contributed by atoms with van der Waals surface area (Å²) in [6.07, 6.45) is 6.27. The first-order valence-corrected chi connectivity index (χ1v) is 4.31. The van der Waals surface area contributed by atoms with E-state index in [0.29, 0.717) is 6.54 Å². The zero-order valence-corrected chi connectivity index (χ0v) is 8.18. The first-order valence-electron chi connectivity index (χ1n) is 4.31. The van der Waals surface area contributed by atoms with Crippen molar-refractivity contribution in [2.24, 2.45) is 0 Å². The van der Waals surface area contributed by atoms with Crippen LogP contribution in [0, 0.1) is 5.21 Å². The minimum atomic E-state index is 0.431. The molecule has 0 radical (unpaired) electrons. The number of hydrogen-bond donors (Lipinski definition) is 1. The van der Waals surface area contributed by atoms with Gasteiger partial charge in [-0.25, -0.2) is 0 Å². The normalized spacial score (nSPS) is 11.5. The highest BCUT2D eigenvalue weighted by atomic mass is 16.5. The van der Waals surface area contributed by atoms with Crippen LogP contribution in [0.4, 0.5) is 0 Å². The quantitative estimate of drug-likeness (QED) is 0.506. The van der Waals surface area contributed by atoms with Crippen LogP contribution >= 0.6 is 0 Å². The third-order valence-corrected chi connectivity index (χ3v) is 1.63. The van der Waals surface area contributed by atoms with E-state index in [1.807, 2.05) is 11.6 Å². The van der Waals surface area contributed by atoms with Crippen molar-refractivity contribution in [2.45, 2.75) is 33.6 Å². The van der Waals surface area contributed by atoms with Gasteiger partial charge in [-0.15, -0.1) is 0 Å². The Kier molecular flexibility index (Phi) is 6.72. The second-order valence-corrected chi connectivity index (χ2v) is 3.22. The van der Waals surface area contributed by atoms with E-state index in [9.17, 15) is 5.21 Å². The predicted molar refractivity (Wildman–Crippen MR) is 53.8 cm³/mol. The molecule has 0 aliphatic rings. The lowest BCUT2D eigenvalue weighted by Crippen LogP contribution is -2.01. The molecule has 0 aromatic heterocycles. The van der Waals surface area contributed by atoms with E-state index >= 15 is 0 Å². The summed E-state index contributed by atoms with van der Waals surface area (Å²) in [6.45, 7) is 6.67. The maximum absolute atomic E-state index is 9.91. The Labute approximate surface area is 74.9 Å². The van der Waals surface area contributed by atoms with Crippen molar-refractivity contribution < 1.29 is 0 Å². The van der Waals surface area contributed by atoms with Gasteiger partial charge in [-0.05, 0) is 33.6 Å². The van der Waals surface area contributed by atoms with Crippen molar-refractivity contribution in [1.82, 2.24) is 5.48 Å². The van der Waals surface area contributed by atoms with Gasteiger partial charge < -0.3 is 10.7 Å². The second kappa shape index (κ2) is 7.07. The summed E-state index contributed by atoms with van der Waals surface area (Å²) in [5, 5.41) is 9.91. The van der Waals surface area contributed by atoms with E-state index in [1.54, 1.807) is 0 Å². The van der Waals surface area contributed by atoms with Crippen molar-refractivity contribution in [3.8, 4) is 0 Å². The zero-order valence-electron chi connectivity index (χ0n) is 8.18. The molecule has 0 heterocycles. The molecule has 0 amide bonds. The van der Waals surface area contributed by atoms with Crippen LogP contribution in [0.5, 0.6) is 0 Å². The minimum absolute atomic E-state index is 0.431. The summed E-state index contributed by atoms with van der Waals surface area (Å²) < 4.78 is 0. The molecule has 0 unspecified atom stereocenters. The van der Waals surface area contributed by atoms with Crippen molar-refractivity contribution in [3.05, 3.63) is 28.5 Å². The molecule has 0 bridgehead atoms. The van der Waals surface area contributed by atoms with Gasteiger partial charge in [0.25, 0.3) is 0 Å². The maximum atomic E-state index is 9.91. The molecule has 0 atom stereocenters. The largest absolute Gasteiger partial charge is 0.788 e. The molecule has 1 N–H and O–H groups in total. The molecular formula is C10H18NO-. The first-order chi connectivity index (χ1) is 5.66. The predicted octanol–water partition coefficient (Wildman–Crippen LogP) is 2.77. The Morgan fingerprint density at radius 1 is 1.25 bits per heavy atom. The fourth-order valence-electron chi connectivity index (χ4n) is 0.906. The van der Waals surface area contributed by atoms with Gasteiger partial charge in [-0.3, -0.25) is 0 Å². The Bertz CT molecular complexity index is 167. The first kappa shape index (κ1) is 11.4. The lowest BCUT2D eigenvalue weighted by Gasteiger charge is -2.03. The van der Waals surface area contributed by atoms with Gasteiger partial charge in [-0.2, -0.15) is 0 Å². The van der Waals surface area contributed by atoms with E-state index in [-0.39, 0.29) is 0 Å². The number of rotatable bonds is 5. The van der Waals surface area contributed by atoms with Crippen LogP contribution in [0.2, 0.25) is 0 Å². The van der Waals surface area contributed by atoms with Crippen molar-refractivity contribution in [1.29, 1.82) is 0 Å². The second-order valence-electron chi connectivity index (χ2n) is 3.22. The molecule has 0 aromatic rings. The molecule has 70 valence electrons. The molecule has 0 saturated heterocycles. The fraction of sp³-hybridized carbons (Fsp3) is 0.600. The molecule has 0 aliphatic heterocycles. The number of hydrogen-bond acceptors (Lipinski definition) is 2. The SMILES string of the molecule is CC(C)=CCC/C(C)=C\CN[O-]. The number of allylic oxidation sites excluding steroid dienone is 3. The van der Waals surface area contributed by atoms with Crippen LogP contribution in [-0.4, -0.2) is 6.54 Å². The highest BCUT2D eigenvalue weighted by molar-refractivity contribution is 5.02. The summed E-state index contributed by atoms with van der Waals surface area (Å²) in [5.41, 5.74) is 4.48. The standard InChI is InChI=1S/C10H18NO/c1-9(2)5-4-6-10(3)7-8-11-12/h5,7,11H,4,6,8H2,1-3H3/q-1/b10-7-. The molecule has 0 spiro atoms. The summed E-state index contributed by atoms with van der Waals surface area (Å²) >= 11 is 0. The smallest absolute Gasteiger partial charge is 0.00197 e. The van der Waals surface area contributed by atoms with Crippen LogP contribution in [0.1, 0.15) is 33.6 Å². The molecule has 0 rings (SSSR count). The summed E-state index contributed by atoms with van der Waals surface area (Å²) in [6, 6.07) is 0. The van der Waals surface area contributed by atoms with Gasteiger partial charge in [0.2, 0.25) is 0 Å². The number of nitrogens with one attached hydrogen (secondary N) is 1. The highest BCUT2D eigenvalue weighted by Gasteiger charge is 1.86. The van der Waals surface area contributed by atoms with Crippen LogP contribution in [0.25, 0.3) is 0 Å². The Hall–Kier alpha value is -0.600. The monoisotopic (exact) mass is 168 g/mol. The maximum Gasteiger partial charge on any atom is 0.00197 e. The Morgan fingerprint density at radius 3 is 2.42 bits per heavy atom. The molecule has 0 aromatic carbocycles. The topological polar surface area (TPSA) is 35.1 Å². The van der Waals surface area contributed by atoms with Gasteiger partial charge >= 0.3 is 0 Å². The third-order valence-electron chi connectivity index (χ3n) is 1.63. The van der Waals surface area contributed by atoms with Gasteiger partial charge in [0.05, 0.1) is 0 Å². The van der Waals surface area contributed by atoms with E-state index in [1.165, 1.54) is 11.1 Å². The van der Waals surface area contributed by atoms with Crippen molar-refractivity contribution in [3.63, 3.8) is 0 Å². The zero-order chi connectivity index (χ0) is 9.40. The Morgan fingerprint density at radius 2 is 1.92 bits per heavy atom. The molecule has 0 fully saturated rings. The average molecular weight is 168 g/mol. The fourth-order valence-corrected chi connectivity index (χ4v) is 0.906. The van der Waals surface area contributed by atoms with E-state index < -0.39 is 0 Å². The van der Waals surface area contributed by atoms with Gasteiger partial charge in [0, 0.05) is 6.54 Å². The Balaban J connectivity index is 3.56. The van der Waals surface area contributed by atoms with Crippen molar-refractivity contribution in [2.75, 3.05) is 6.54 Å². The lowest BCUT2D eigenvalue weighted by atomic mass is 10.1. The van der Waals surface area contributed by atoms with Gasteiger partial charge in [0.15, 0.2) is 0 Å². The van der Waals surface area contributed by atoms with Crippen molar-refractivity contribution >= 4 is 0 Å². The molecule has 0 saturated carbocycles. The van der Waals surface area contributed by atoms with E-state index in [2.05, 4.69) is 26.8 Å².